The SMILES string of the molecule is COc1c[nH+]cc(C(N)=CN(N)c2cc(C(=O)O)ccc2C)c1. The molecule has 120 valence electrons. The van der Waals surface area contributed by atoms with Crippen molar-refractivity contribution < 1.29 is 19.6 Å². The lowest BCUT2D eigenvalue weighted by Crippen LogP contribution is -2.27. The summed E-state index contributed by atoms with van der Waals surface area (Å²) in [7, 11) is 1.56. The first-order chi connectivity index (χ1) is 10.9. The van der Waals surface area contributed by atoms with Crippen LogP contribution in [0.3, 0.4) is 0 Å². The number of carboxylic acid groups (broad SMARTS) is 1. The highest BCUT2D eigenvalue weighted by molar-refractivity contribution is 5.89. The maximum absolute atomic E-state index is 11.1. The average molecular weight is 315 g/mol. The van der Waals surface area contributed by atoms with Crippen molar-refractivity contribution in [3.63, 3.8) is 0 Å². The molecule has 0 spiro atoms. The molecule has 23 heavy (non-hydrogen) atoms. The molecular weight excluding hydrogens is 296 g/mol. The van der Waals surface area contributed by atoms with Crippen LogP contribution >= 0.6 is 0 Å². The van der Waals surface area contributed by atoms with Crippen molar-refractivity contribution in [2.75, 3.05) is 12.1 Å². The number of hydrogen-bond donors (Lipinski definition) is 3. The number of aromatic amines is 1. The van der Waals surface area contributed by atoms with Crippen LogP contribution in [0, 0.1) is 6.92 Å². The van der Waals surface area contributed by atoms with Gasteiger partial charge in [0.2, 0.25) is 6.20 Å². The molecule has 0 unspecified atom stereocenters. The zero-order chi connectivity index (χ0) is 17.0. The fourth-order valence-electron chi connectivity index (χ4n) is 2.05. The van der Waals surface area contributed by atoms with Crippen LogP contribution in [0.2, 0.25) is 0 Å². The van der Waals surface area contributed by atoms with Crippen LogP contribution in [0.4, 0.5) is 5.69 Å². The average Bonchev–Trinajstić information content (AvgIpc) is 2.54. The van der Waals surface area contributed by atoms with E-state index in [9.17, 15) is 4.79 Å². The van der Waals surface area contributed by atoms with Gasteiger partial charge in [-0.1, -0.05) is 6.07 Å². The number of nitrogens with one attached hydrogen (secondary N) is 1. The monoisotopic (exact) mass is 315 g/mol. The summed E-state index contributed by atoms with van der Waals surface area (Å²) in [5.74, 6) is 5.63. The number of hydrogen-bond acceptors (Lipinski definition) is 5. The van der Waals surface area contributed by atoms with Gasteiger partial charge in [0, 0.05) is 12.3 Å². The molecule has 0 aliphatic carbocycles. The number of aryl methyl sites for hydroxylation is 1. The standard InChI is InChI=1S/C16H18N4O3/c1-10-3-4-11(16(21)22)6-15(10)20(18)9-14(17)12-5-13(23-2)8-19-7-12/h3-9H,17-18H2,1-2H3,(H,21,22)/p+1. The molecule has 1 aromatic carbocycles. The van der Waals surface area contributed by atoms with Gasteiger partial charge in [-0.3, -0.25) is 5.01 Å². The molecule has 0 aliphatic heterocycles. The third kappa shape index (κ3) is 3.78. The molecule has 0 fully saturated rings. The Morgan fingerprint density at radius 2 is 2.04 bits per heavy atom. The Hall–Kier alpha value is -3.06. The summed E-state index contributed by atoms with van der Waals surface area (Å²) in [4.78, 5) is 14.0. The Balaban J connectivity index is 2.34. The van der Waals surface area contributed by atoms with Crippen molar-refractivity contribution >= 4 is 17.4 Å². The Morgan fingerprint density at radius 1 is 1.30 bits per heavy atom. The second kappa shape index (κ2) is 6.80. The number of ether oxygens (including phenoxy) is 1. The largest absolute Gasteiger partial charge is 0.491 e. The molecule has 1 aromatic heterocycles. The lowest BCUT2D eigenvalue weighted by atomic mass is 10.1. The first kappa shape index (κ1) is 16.3. The molecule has 7 nitrogen and oxygen atoms in total. The van der Waals surface area contributed by atoms with Crippen LogP contribution in [0.15, 0.2) is 42.9 Å². The first-order valence-corrected chi connectivity index (χ1v) is 6.83. The number of benzene rings is 1. The Bertz CT molecular complexity index is 759. The summed E-state index contributed by atoms with van der Waals surface area (Å²) < 4.78 is 5.13. The van der Waals surface area contributed by atoms with Gasteiger partial charge in [-0.05, 0) is 24.6 Å². The summed E-state index contributed by atoms with van der Waals surface area (Å²) in [6.07, 6.45) is 4.93. The zero-order valence-corrected chi connectivity index (χ0v) is 12.9. The minimum Gasteiger partial charge on any atom is -0.491 e. The smallest absolute Gasteiger partial charge is 0.335 e. The number of pyridine rings is 1. The molecule has 0 saturated heterocycles. The van der Waals surface area contributed by atoms with E-state index in [1.807, 2.05) is 6.92 Å². The second-order valence-corrected chi connectivity index (χ2v) is 4.96. The molecule has 0 bridgehead atoms. The van der Waals surface area contributed by atoms with E-state index in [0.29, 0.717) is 22.7 Å². The van der Waals surface area contributed by atoms with Crippen molar-refractivity contribution in [1.29, 1.82) is 0 Å². The Morgan fingerprint density at radius 3 is 2.70 bits per heavy atom. The summed E-state index contributed by atoms with van der Waals surface area (Å²) in [5, 5.41) is 10.4. The van der Waals surface area contributed by atoms with Crippen LogP contribution in [0.1, 0.15) is 21.5 Å². The summed E-state index contributed by atoms with van der Waals surface area (Å²) in [6, 6.07) is 6.48. The molecule has 0 radical (unpaired) electrons. The predicted octanol–water partition coefficient (Wildman–Crippen LogP) is 1.15. The van der Waals surface area contributed by atoms with E-state index < -0.39 is 5.97 Å². The molecule has 2 aromatic rings. The summed E-state index contributed by atoms with van der Waals surface area (Å²) in [6.45, 7) is 1.84. The van der Waals surface area contributed by atoms with Crippen molar-refractivity contribution in [3.8, 4) is 5.75 Å². The molecule has 0 atom stereocenters. The molecular formula is C16H19N4O3+. The molecule has 0 aliphatic rings. The Kier molecular flexibility index (Phi) is 4.82. The number of rotatable bonds is 5. The highest BCUT2D eigenvalue weighted by Crippen LogP contribution is 2.21. The number of carbonyl (C=O) groups is 1. The number of methoxy groups -OCH3 is 1. The van der Waals surface area contributed by atoms with E-state index >= 15 is 0 Å². The number of H-pyrrole nitrogens is 1. The van der Waals surface area contributed by atoms with Gasteiger partial charge in [0.25, 0.3) is 0 Å². The van der Waals surface area contributed by atoms with Crippen LogP contribution in [-0.4, -0.2) is 18.2 Å². The molecule has 7 heteroatoms. The zero-order valence-electron chi connectivity index (χ0n) is 12.9. The second-order valence-electron chi connectivity index (χ2n) is 4.96. The fourth-order valence-corrected chi connectivity index (χ4v) is 2.05. The maximum Gasteiger partial charge on any atom is 0.335 e. The maximum atomic E-state index is 11.1. The van der Waals surface area contributed by atoms with E-state index in [4.69, 9.17) is 21.4 Å². The third-order valence-electron chi connectivity index (χ3n) is 3.34. The molecule has 2 rings (SSSR count). The van der Waals surface area contributed by atoms with Gasteiger partial charge < -0.3 is 15.6 Å². The molecule has 0 amide bonds. The molecule has 1 heterocycles. The van der Waals surface area contributed by atoms with E-state index in [0.717, 1.165) is 5.56 Å². The van der Waals surface area contributed by atoms with E-state index in [1.54, 1.807) is 31.6 Å². The summed E-state index contributed by atoms with van der Waals surface area (Å²) in [5.41, 5.74) is 8.70. The highest BCUT2D eigenvalue weighted by atomic mass is 16.5. The van der Waals surface area contributed by atoms with Gasteiger partial charge >= 0.3 is 5.97 Å². The minimum absolute atomic E-state index is 0.155. The van der Waals surface area contributed by atoms with Crippen LogP contribution in [-0.2, 0) is 0 Å². The number of aromatic nitrogens is 1. The number of carboxylic acids is 1. The van der Waals surface area contributed by atoms with Gasteiger partial charge in [-0.2, -0.15) is 0 Å². The van der Waals surface area contributed by atoms with Crippen LogP contribution in [0.5, 0.6) is 5.75 Å². The van der Waals surface area contributed by atoms with Crippen molar-refractivity contribution in [2.24, 2.45) is 11.6 Å². The van der Waals surface area contributed by atoms with Gasteiger partial charge in [0.05, 0.1) is 29.6 Å². The lowest BCUT2D eigenvalue weighted by molar-refractivity contribution is -0.379. The number of aromatic carboxylic acids is 1. The highest BCUT2D eigenvalue weighted by Gasteiger charge is 2.11. The minimum atomic E-state index is -1.01. The lowest BCUT2D eigenvalue weighted by Gasteiger charge is -2.18. The van der Waals surface area contributed by atoms with E-state index in [2.05, 4.69) is 4.98 Å². The van der Waals surface area contributed by atoms with Crippen molar-refractivity contribution in [3.05, 3.63) is 59.5 Å². The van der Waals surface area contributed by atoms with Gasteiger partial charge in [0.1, 0.15) is 0 Å². The van der Waals surface area contributed by atoms with Gasteiger partial charge in [-0.15, -0.1) is 0 Å². The van der Waals surface area contributed by atoms with Crippen LogP contribution < -0.4 is 26.3 Å². The normalized spacial score (nSPS) is 11.2. The predicted molar refractivity (Wildman–Crippen MR) is 86.5 cm³/mol. The number of hydrazine groups is 1. The van der Waals surface area contributed by atoms with E-state index in [1.165, 1.54) is 23.3 Å². The van der Waals surface area contributed by atoms with Gasteiger partial charge in [-0.25, -0.2) is 15.6 Å². The number of nitrogens with two attached hydrogens (primary N) is 2. The molecule has 6 N–H and O–H groups in total. The van der Waals surface area contributed by atoms with Crippen LogP contribution in [0.25, 0.3) is 5.70 Å². The fraction of sp³-hybridized carbons (Fsp3) is 0.125. The van der Waals surface area contributed by atoms with Gasteiger partial charge in [0.15, 0.2) is 11.9 Å². The number of nitrogens with zero attached hydrogens (tertiary/aromatic N) is 1. The van der Waals surface area contributed by atoms with Crippen molar-refractivity contribution in [1.82, 2.24) is 0 Å². The topological polar surface area (TPSA) is 116 Å². The quantitative estimate of drug-likeness (QED) is 0.563. The third-order valence-corrected chi connectivity index (χ3v) is 3.34. The van der Waals surface area contributed by atoms with Crippen molar-refractivity contribution in [2.45, 2.75) is 6.92 Å². The Labute approximate surface area is 133 Å². The first-order valence-electron chi connectivity index (χ1n) is 6.83. The summed E-state index contributed by atoms with van der Waals surface area (Å²) >= 11 is 0. The van der Waals surface area contributed by atoms with E-state index in [-0.39, 0.29) is 5.56 Å². The number of anilines is 1. The molecule has 0 saturated carbocycles.